The molecule has 1 aromatic carbocycles. The molecule has 4 nitrogen and oxygen atoms in total. The number of carbonyl (C=O) groups excluding carboxylic acids is 1. The van der Waals surface area contributed by atoms with Crippen molar-refractivity contribution in [2.24, 2.45) is 0 Å². The van der Waals surface area contributed by atoms with Gasteiger partial charge in [0.25, 0.3) is 0 Å². The van der Waals surface area contributed by atoms with Crippen LogP contribution in [-0.2, 0) is 13.8 Å². The lowest BCUT2D eigenvalue weighted by atomic mass is 10.2. The topological polar surface area (TPSA) is 54.5 Å². The van der Waals surface area contributed by atoms with Crippen LogP contribution in [-0.4, -0.2) is 26.1 Å². The second kappa shape index (κ2) is 4.72. The summed E-state index contributed by atoms with van der Waals surface area (Å²) in [5.74, 6) is -0.258. The van der Waals surface area contributed by atoms with Crippen LogP contribution in [0.15, 0.2) is 18.2 Å². The van der Waals surface area contributed by atoms with Crippen molar-refractivity contribution < 1.29 is 13.2 Å². The van der Waals surface area contributed by atoms with E-state index in [-0.39, 0.29) is 18.9 Å². The normalized spacial score (nSPS) is 20.5. The van der Waals surface area contributed by atoms with E-state index in [1.807, 2.05) is 6.92 Å². The summed E-state index contributed by atoms with van der Waals surface area (Å²) in [6.07, 6.45) is -0.0859. The highest BCUT2D eigenvalue weighted by molar-refractivity contribution is 8.14. The number of amides is 1. The summed E-state index contributed by atoms with van der Waals surface area (Å²) >= 11 is 5.92. The summed E-state index contributed by atoms with van der Waals surface area (Å²) in [6.45, 7) is 1.93. The lowest BCUT2D eigenvalue weighted by Gasteiger charge is -2.17. The molecule has 98 valence electrons. The smallest absolute Gasteiger partial charge is 0.237 e. The van der Waals surface area contributed by atoms with Crippen LogP contribution in [0.4, 0.5) is 5.69 Å². The van der Waals surface area contributed by atoms with E-state index in [2.05, 4.69) is 0 Å². The van der Waals surface area contributed by atoms with Crippen LogP contribution < -0.4 is 4.90 Å². The van der Waals surface area contributed by atoms with Gasteiger partial charge in [0.05, 0.1) is 0 Å². The van der Waals surface area contributed by atoms with Crippen molar-refractivity contribution in [3.63, 3.8) is 0 Å². The Kier molecular flexibility index (Phi) is 3.58. The molecule has 1 aromatic rings. The molecule has 0 spiro atoms. The van der Waals surface area contributed by atoms with Crippen molar-refractivity contribution >= 4 is 42.9 Å². The fourth-order valence-corrected chi connectivity index (χ4v) is 3.30. The number of carbonyl (C=O) groups is 1. The van der Waals surface area contributed by atoms with E-state index in [1.165, 1.54) is 4.90 Å². The van der Waals surface area contributed by atoms with Crippen molar-refractivity contribution in [2.45, 2.75) is 18.6 Å². The summed E-state index contributed by atoms with van der Waals surface area (Å²) in [6, 6.07) is 5.18. The van der Waals surface area contributed by atoms with Gasteiger partial charge in [0, 0.05) is 34.4 Å². The molecule has 1 fully saturated rings. The lowest BCUT2D eigenvalue weighted by Crippen LogP contribution is -2.26. The highest BCUT2D eigenvalue weighted by Gasteiger charge is 2.38. The molecule has 1 heterocycles. The maximum absolute atomic E-state index is 11.8. The highest BCUT2D eigenvalue weighted by atomic mass is 35.7. The molecule has 1 amide bonds. The van der Waals surface area contributed by atoms with Crippen LogP contribution in [0.2, 0.25) is 5.02 Å². The van der Waals surface area contributed by atoms with E-state index in [1.54, 1.807) is 18.2 Å². The molecule has 0 radical (unpaired) electrons. The first-order chi connectivity index (χ1) is 8.27. The largest absolute Gasteiger partial charge is 0.311 e. The number of benzene rings is 1. The number of halogens is 2. The minimum atomic E-state index is -3.72. The van der Waals surface area contributed by atoms with Gasteiger partial charge in [-0.1, -0.05) is 11.6 Å². The third-order valence-corrected chi connectivity index (χ3v) is 4.91. The number of nitrogens with zero attached hydrogens (tertiary/aromatic N) is 1. The zero-order chi connectivity index (χ0) is 13.5. The molecule has 1 aliphatic rings. The van der Waals surface area contributed by atoms with E-state index >= 15 is 0 Å². The van der Waals surface area contributed by atoms with Gasteiger partial charge in [-0.15, -0.1) is 0 Å². The number of aryl methyl sites for hydroxylation is 1. The van der Waals surface area contributed by atoms with Gasteiger partial charge in [-0.25, -0.2) is 8.42 Å². The molecule has 1 saturated heterocycles. The van der Waals surface area contributed by atoms with Crippen molar-refractivity contribution in [2.75, 3.05) is 11.4 Å². The minimum absolute atomic E-state index is 0.0739. The Morgan fingerprint density at radius 2 is 2.00 bits per heavy atom. The van der Waals surface area contributed by atoms with Gasteiger partial charge in [-0.05, 0) is 30.7 Å². The quantitative estimate of drug-likeness (QED) is 0.788. The van der Waals surface area contributed by atoms with Crippen LogP contribution in [0.3, 0.4) is 0 Å². The van der Waals surface area contributed by atoms with E-state index in [9.17, 15) is 13.2 Å². The Bertz CT molecular complexity index is 580. The molecule has 0 saturated carbocycles. The minimum Gasteiger partial charge on any atom is -0.311 e. The zero-order valence-corrected chi connectivity index (χ0v) is 11.9. The average molecular weight is 308 g/mol. The molecule has 0 aromatic heterocycles. The van der Waals surface area contributed by atoms with Crippen LogP contribution in [0, 0.1) is 6.92 Å². The molecule has 2 rings (SSSR count). The monoisotopic (exact) mass is 307 g/mol. The van der Waals surface area contributed by atoms with Gasteiger partial charge < -0.3 is 4.90 Å². The summed E-state index contributed by atoms with van der Waals surface area (Å²) in [7, 11) is 1.57. The maximum atomic E-state index is 11.8. The van der Waals surface area contributed by atoms with Crippen molar-refractivity contribution in [3.8, 4) is 0 Å². The molecular weight excluding hydrogens is 297 g/mol. The second-order valence-corrected chi connectivity index (χ2v) is 7.64. The highest BCUT2D eigenvalue weighted by Crippen LogP contribution is 2.29. The molecule has 1 atom stereocenters. The predicted molar refractivity (Wildman–Crippen MR) is 71.7 cm³/mol. The van der Waals surface area contributed by atoms with Gasteiger partial charge >= 0.3 is 0 Å². The Balaban J connectivity index is 2.32. The number of hydrogen-bond donors (Lipinski definition) is 0. The third-order valence-electron chi connectivity index (χ3n) is 2.83. The van der Waals surface area contributed by atoms with Gasteiger partial charge in [0.15, 0.2) is 0 Å². The van der Waals surface area contributed by atoms with Gasteiger partial charge in [-0.3, -0.25) is 4.79 Å². The van der Waals surface area contributed by atoms with Crippen LogP contribution in [0.5, 0.6) is 0 Å². The lowest BCUT2D eigenvalue weighted by molar-refractivity contribution is -0.117. The van der Waals surface area contributed by atoms with Crippen LogP contribution >= 0.6 is 22.3 Å². The Morgan fingerprint density at radius 1 is 1.33 bits per heavy atom. The Morgan fingerprint density at radius 3 is 2.50 bits per heavy atom. The van der Waals surface area contributed by atoms with Gasteiger partial charge in [0.1, 0.15) is 5.25 Å². The first-order valence-corrected chi connectivity index (χ1v) is 8.03. The number of rotatable bonds is 2. The second-order valence-electron chi connectivity index (χ2n) is 4.29. The molecule has 1 aliphatic heterocycles. The molecule has 7 heteroatoms. The Labute approximate surface area is 115 Å². The van der Waals surface area contributed by atoms with E-state index in [0.29, 0.717) is 10.7 Å². The van der Waals surface area contributed by atoms with E-state index < -0.39 is 14.3 Å². The predicted octanol–water partition coefficient (Wildman–Crippen LogP) is 2.32. The molecule has 18 heavy (non-hydrogen) atoms. The molecule has 1 unspecified atom stereocenters. The summed E-state index contributed by atoms with van der Waals surface area (Å²) in [5.41, 5.74) is 1.51. The Hall–Kier alpha value is -0.780. The van der Waals surface area contributed by atoms with E-state index in [0.717, 1.165) is 5.56 Å². The molecular formula is C11H11Cl2NO3S. The molecule has 0 bridgehead atoms. The summed E-state index contributed by atoms with van der Waals surface area (Å²) < 4.78 is 22.5. The average Bonchev–Trinajstić information content (AvgIpc) is 2.58. The van der Waals surface area contributed by atoms with Gasteiger partial charge in [-0.2, -0.15) is 0 Å². The number of hydrogen-bond acceptors (Lipinski definition) is 3. The third kappa shape index (κ3) is 2.79. The number of anilines is 1. The first kappa shape index (κ1) is 13.6. The SMILES string of the molecule is Cc1cc(Cl)cc(N2CC(S(=O)(=O)Cl)CC2=O)c1. The van der Waals surface area contributed by atoms with Crippen molar-refractivity contribution in [3.05, 3.63) is 28.8 Å². The fourth-order valence-electron chi connectivity index (χ4n) is 1.99. The fraction of sp³-hybridized carbons (Fsp3) is 0.364. The zero-order valence-electron chi connectivity index (χ0n) is 9.56. The van der Waals surface area contributed by atoms with Crippen molar-refractivity contribution in [1.82, 2.24) is 0 Å². The molecule has 0 aliphatic carbocycles. The summed E-state index contributed by atoms with van der Waals surface area (Å²) in [5, 5.41) is -0.346. The van der Waals surface area contributed by atoms with E-state index in [4.69, 9.17) is 22.3 Å². The molecule has 0 N–H and O–H groups in total. The summed E-state index contributed by atoms with van der Waals surface area (Å²) in [4.78, 5) is 13.2. The van der Waals surface area contributed by atoms with Gasteiger partial charge in [0.2, 0.25) is 15.0 Å². The van der Waals surface area contributed by atoms with Crippen molar-refractivity contribution in [1.29, 1.82) is 0 Å². The van der Waals surface area contributed by atoms with Crippen LogP contribution in [0.1, 0.15) is 12.0 Å². The standard InChI is InChI=1S/C11H11Cl2NO3S/c1-7-2-8(12)4-9(3-7)14-6-10(5-11(14)15)18(13,16)17/h2-4,10H,5-6H2,1H3. The first-order valence-electron chi connectivity index (χ1n) is 5.28. The maximum Gasteiger partial charge on any atom is 0.237 e. The van der Waals surface area contributed by atoms with Crippen LogP contribution in [0.25, 0.3) is 0 Å².